The minimum atomic E-state index is -0.196. The molecular formula is C15H21BrN2O2. The quantitative estimate of drug-likeness (QED) is 0.896. The number of methoxy groups -OCH3 is 1. The van der Waals surface area contributed by atoms with Crippen molar-refractivity contribution in [1.29, 1.82) is 0 Å². The maximum Gasteiger partial charge on any atom is 0.217 e. The van der Waals surface area contributed by atoms with Crippen LogP contribution in [0.2, 0.25) is 0 Å². The SMILES string of the molecule is COc1cc(Br)ccc1CN1CCC[C@H](CC(N)=O)C1. The van der Waals surface area contributed by atoms with Gasteiger partial charge in [0.05, 0.1) is 7.11 Å². The molecule has 0 saturated carbocycles. The topological polar surface area (TPSA) is 55.6 Å². The van der Waals surface area contributed by atoms with E-state index in [1.807, 2.05) is 12.1 Å². The molecule has 20 heavy (non-hydrogen) atoms. The number of rotatable bonds is 5. The van der Waals surface area contributed by atoms with E-state index >= 15 is 0 Å². The number of hydrogen-bond donors (Lipinski definition) is 1. The normalized spacial score (nSPS) is 19.8. The number of likely N-dealkylation sites (tertiary alicyclic amines) is 1. The summed E-state index contributed by atoms with van der Waals surface area (Å²) >= 11 is 3.45. The highest BCUT2D eigenvalue weighted by Crippen LogP contribution is 2.27. The van der Waals surface area contributed by atoms with Crippen LogP contribution < -0.4 is 10.5 Å². The molecule has 110 valence electrons. The maximum absolute atomic E-state index is 11.0. The smallest absolute Gasteiger partial charge is 0.217 e. The molecule has 0 bridgehead atoms. The number of benzene rings is 1. The van der Waals surface area contributed by atoms with Gasteiger partial charge in [-0.25, -0.2) is 0 Å². The molecule has 1 fully saturated rings. The van der Waals surface area contributed by atoms with Crippen molar-refractivity contribution in [1.82, 2.24) is 4.90 Å². The summed E-state index contributed by atoms with van der Waals surface area (Å²) in [4.78, 5) is 13.4. The number of ether oxygens (including phenoxy) is 1. The molecule has 1 heterocycles. The zero-order valence-corrected chi connectivity index (χ0v) is 13.4. The predicted octanol–water partition coefficient (Wildman–Crippen LogP) is 2.55. The Balaban J connectivity index is 2.00. The molecule has 1 aliphatic heterocycles. The van der Waals surface area contributed by atoms with Gasteiger partial charge in [-0.2, -0.15) is 0 Å². The second kappa shape index (κ2) is 7.09. The first-order chi connectivity index (χ1) is 9.58. The summed E-state index contributed by atoms with van der Waals surface area (Å²) in [5, 5.41) is 0. The molecule has 1 amide bonds. The van der Waals surface area contributed by atoms with Crippen LogP contribution in [-0.2, 0) is 11.3 Å². The van der Waals surface area contributed by atoms with Crippen LogP contribution in [0.4, 0.5) is 0 Å². The van der Waals surface area contributed by atoms with E-state index in [2.05, 4.69) is 26.9 Å². The minimum absolute atomic E-state index is 0.196. The number of halogens is 1. The second-order valence-corrected chi connectivity index (χ2v) is 6.29. The summed E-state index contributed by atoms with van der Waals surface area (Å²) in [6.07, 6.45) is 2.71. The van der Waals surface area contributed by atoms with Crippen LogP contribution in [0, 0.1) is 5.92 Å². The van der Waals surface area contributed by atoms with E-state index in [9.17, 15) is 4.79 Å². The van der Waals surface area contributed by atoms with Crippen molar-refractivity contribution in [2.45, 2.75) is 25.8 Å². The highest BCUT2D eigenvalue weighted by molar-refractivity contribution is 9.10. The molecule has 0 aliphatic carbocycles. The van der Waals surface area contributed by atoms with E-state index in [1.54, 1.807) is 7.11 Å². The molecule has 2 rings (SSSR count). The largest absolute Gasteiger partial charge is 0.496 e. The first-order valence-electron chi connectivity index (χ1n) is 6.91. The first kappa shape index (κ1) is 15.3. The molecule has 4 nitrogen and oxygen atoms in total. The lowest BCUT2D eigenvalue weighted by Crippen LogP contribution is -2.36. The van der Waals surface area contributed by atoms with Gasteiger partial charge in [-0.1, -0.05) is 22.0 Å². The second-order valence-electron chi connectivity index (χ2n) is 5.37. The molecule has 0 unspecified atom stereocenters. The number of carbonyl (C=O) groups is 1. The number of amides is 1. The lowest BCUT2D eigenvalue weighted by Gasteiger charge is -2.32. The Hall–Kier alpha value is -1.07. The van der Waals surface area contributed by atoms with E-state index < -0.39 is 0 Å². The van der Waals surface area contributed by atoms with Gasteiger partial charge < -0.3 is 10.5 Å². The van der Waals surface area contributed by atoms with E-state index in [-0.39, 0.29) is 5.91 Å². The summed E-state index contributed by atoms with van der Waals surface area (Å²) in [6.45, 7) is 2.85. The summed E-state index contributed by atoms with van der Waals surface area (Å²) < 4.78 is 6.45. The molecule has 1 saturated heterocycles. The molecule has 0 radical (unpaired) electrons. The van der Waals surface area contributed by atoms with Crippen molar-refractivity contribution in [3.63, 3.8) is 0 Å². The highest BCUT2D eigenvalue weighted by Gasteiger charge is 2.22. The van der Waals surface area contributed by atoms with E-state index in [4.69, 9.17) is 10.5 Å². The number of piperidine rings is 1. The monoisotopic (exact) mass is 340 g/mol. The van der Waals surface area contributed by atoms with Gasteiger partial charge in [0, 0.05) is 29.5 Å². The van der Waals surface area contributed by atoms with Gasteiger partial charge in [-0.05, 0) is 37.4 Å². The molecule has 0 aromatic heterocycles. The number of hydrogen-bond acceptors (Lipinski definition) is 3. The van der Waals surface area contributed by atoms with Crippen LogP contribution in [0.25, 0.3) is 0 Å². The van der Waals surface area contributed by atoms with Crippen LogP contribution in [0.5, 0.6) is 5.75 Å². The maximum atomic E-state index is 11.0. The van der Waals surface area contributed by atoms with E-state index in [0.717, 1.165) is 42.7 Å². The van der Waals surface area contributed by atoms with Gasteiger partial charge in [-0.3, -0.25) is 9.69 Å². The predicted molar refractivity (Wildman–Crippen MR) is 82.5 cm³/mol. The van der Waals surface area contributed by atoms with Crippen LogP contribution in [-0.4, -0.2) is 31.0 Å². The Kier molecular flexibility index (Phi) is 5.43. The van der Waals surface area contributed by atoms with Crippen molar-refractivity contribution in [2.75, 3.05) is 20.2 Å². The van der Waals surface area contributed by atoms with Crippen LogP contribution >= 0.6 is 15.9 Å². The lowest BCUT2D eigenvalue weighted by atomic mass is 9.94. The van der Waals surface area contributed by atoms with Crippen LogP contribution in [0.3, 0.4) is 0 Å². The van der Waals surface area contributed by atoms with Crippen molar-refractivity contribution in [2.24, 2.45) is 11.7 Å². The Morgan fingerprint density at radius 1 is 1.55 bits per heavy atom. The molecule has 1 atom stereocenters. The Labute approximate surface area is 128 Å². The standard InChI is InChI=1S/C15H21BrN2O2/c1-20-14-8-13(16)5-4-12(14)10-18-6-2-3-11(9-18)7-15(17)19/h4-5,8,11H,2-3,6-7,9-10H2,1H3,(H2,17,19)/t11-/m1/s1. The van der Waals surface area contributed by atoms with Crippen molar-refractivity contribution in [3.8, 4) is 5.75 Å². The molecule has 2 N–H and O–H groups in total. The summed E-state index contributed by atoms with van der Waals surface area (Å²) in [7, 11) is 1.69. The van der Waals surface area contributed by atoms with Crippen molar-refractivity contribution in [3.05, 3.63) is 28.2 Å². The number of carbonyl (C=O) groups excluding carboxylic acids is 1. The average molecular weight is 341 g/mol. The fourth-order valence-corrected chi connectivity index (χ4v) is 3.18. The zero-order valence-electron chi connectivity index (χ0n) is 11.8. The number of nitrogens with two attached hydrogens (primary N) is 1. The van der Waals surface area contributed by atoms with Gasteiger partial charge in [-0.15, -0.1) is 0 Å². The van der Waals surface area contributed by atoms with Crippen molar-refractivity contribution >= 4 is 21.8 Å². The van der Waals surface area contributed by atoms with Gasteiger partial charge in [0.2, 0.25) is 5.91 Å². The van der Waals surface area contributed by atoms with Gasteiger partial charge >= 0.3 is 0 Å². The third-order valence-corrected chi connectivity index (χ3v) is 4.23. The van der Waals surface area contributed by atoms with Crippen molar-refractivity contribution < 1.29 is 9.53 Å². The third-order valence-electron chi connectivity index (χ3n) is 3.74. The molecule has 1 aromatic rings. The van der Waals surface area contributed by atoms with Crippen LogP contribution in [0.15, 0.2) is 22.7 Å². The summed E-state index contributed by atoms with van der Waals surface area (Å²) in [6, 6.07) is 6.10. The van der Waals surface area contributed by atoms with E-state index in [0.29, 0.717) is 12.3 Å². The van der Waals surface area contributed by atoms with Gasteiger partial charge in [0.1, 0.15) is 5.75 Å². The Morgan fingerprint density at radius 3 is 3.05 bits per heavy atom. The fraction of sp³-hybridized carbons (Fsp3) is 0.533. The Morgan fingerprint density at radius 2 is 2.35 bits per heavy atom. The van der Waals surface area contributed by atoms with Gasteiger partial charge in [0.25, 0.3) is 0 Å². The number of nitrogens with zero attached hydrogens (tertiary/aromatic N) is 1. The molecular weight excluding hydrogens is 320 g/mol. The molecule has 1 aliphatic rings. The zero-order chi connectivity index (χ0) is 14.5. The Bertz CT molecular complexity index is 479. The molecule has 0 spiro atoms. The third kappa shape index (κ3) is 4.21. The molecule has 1 aromatic carbocycles. The summed E-state index contributed by atoms with van der Waals surface area (Å²) in [5.74, 6) is 1.09. The highest BCUT2D eigenvalue weighted by atomic mass is 79.9. The molecule has 5 heteroatoms. The number of primary amides is 1. The fourth-order valence-electron chi connectivity index (χ4n) is 2.84. The van der Waals surface area contributed by atoms with E-state index in [1.165, 1.54) is 5.56 Å². The lowest BCUT2D eigenvalue weighted by molar-refractivity contribution is -0.119. The minimum Gasteiger partial charge on any atom is -0.496 e. The van der Waals surface area contributed by atoms with Gasteiger partial charge in [0.15, 0.2) is 0 Å². The van der Waals surface area contributed by atoms with Crippen LogP contribution in [0.1, 0.15) is 24.8 Å². The average Bonchev–Trinajstić information content (AvgIpc) is 2.40. The first-order valence-corrected chi connectivity index (χ1v) is 7.71. The summed E-state index contributed by atoms with van der Waals surface area (Å²) in [5.41, 5.74) is 6.48.